The number of aryl methyl sites for hydroxylation is 1. The third kappa shape index (κ3) is 11.6. The lowest BCUT2D eigenvalue weighted by Gasteiger charge is -2.37. The molecule has 7 rings (SSSR count). The summed E-state index contributed by atoms with van der Waals surface area (Å²) in [6.07, 6.45) is 3.64. The number of carbonyl (C=O) groups is 5. The number of esters is 1. The van der Waals surface area contributed by atoms with Gasteiger partial charge in [-0.15, -0.1) is 0 Å². The lowest BCUT2D eigenvalue weighted by Crippen LogP contribution is -2.62. The van der Waals surface area contributed by atoms with E-state index in [-0.39, 0.29) is 49.6 Å². The Hall–Kier alpha value is -6.28. The molecule has 2 fully saturated rings. The first kappa shape index (κ1) is 52.5. The van der Waals surface area contributed by atoms with Gasteiger partial charge in [-0.3, -0.25) is 38.9 Å². The molecule has 2 saturated heterocycles. The van der Waals surface area contributed by atoms with E-state index in [1.165, 1.54) is 9.91 Å². The lowest BCUT2D eigenvalue weighted by atomic mass is 9.84. The highest BCUT2D eigenvalue weighted by atomic mass is 16.5. The minimum Gasteiger partial charge on any atom is -0.508 e. The number of phenols is 1. The van der Waals surface area contributed by atoms with Crippen LogP contribution in [0.4, 0.5) is 0 Å². The van der Waals surface area contributed by atoms with Gasteiger partial charge in [0.1, 0.15) is 23.9 Å². The van der Waals surface area contributed by atoms with Crippen LogP contribution in [0, 0.1) is 29.1 Å². The van der Waals surface area contributed by atoms with Crippen molar-refractivity contribution in [1.29, 1.82) is 0 Å². The number of benzene rings is 2. The molecule has 16 nitrogen and oxygen atoms in total. The molecular weight excluding hydrogens is 901 g/mol. The summed E-state index contributed by atoms with van der Waals surface area (Å²) in [6, 6.07) is 12.4. The van der Waals surface area contributed by atoms with Crippen molar-refractivity contribution >= 4 is 40.5 Å². The standard InChI is InChI=1S/C55H72N8O8/c1-12-62-46-18-17-36-29-41(46)42(49(62)40-15-13-22-56-45(40)32-70-11)30-54(4,5)33-71-53(69)43-16-14-23-63(58-43)52(68)44(27-35-25-38(36)28-39(64)26-35)57-50(66)48(34(2)3)60(10)51(67)37-20-24-61(31-37)47(65)19-21-55(6,7)59(8)9/h13,15,17-18,22,25-26,28-29,34,37,43-44,48,58,64H,12,14,16,20,23-24,27,30-33H2,1-11H3,(H,57,66)/t37-,43+,44+,48?/m1/s1. The molecule has 16 heteroatoms. The van der Waals surface area contributed by atoms with Gasteiger partial charge in [-0.25, -0.2) is 5.43 Å². The average molecular weight is 973 g/mol. The van der Waals surface area contributed by atoms with Crippen LogP contribution in [0.2, 0.25) is 0 Å². The van der Waals surface area contributed by atoms with Gasteiger partial charge in [0.15, 0.2) is 0 Å². The minimum absolute atomic E-state index is 0.0157. The quantitative estimate of drug-likeness (QED) is 0.134. The number of hydrogen-bond donors (Lipinski definition) is 3. The van der Waals surface area contributed by atoms with Crippen LogP contribution in [0.1, 0.15) is 84.5 Å². The predicted molar refractivity (Wildman–Crippen MR) is 272 cm³/mol. The number of rotatable bonds is 10. The lowest BCUT2D eigenvalue weighted by molar-refractivity contribution is -0.155. The van der Waals surface area contributed by atoms with Crippen molar-refractivity contribution in [3.05, 3.63) is 71.5 Å². The van der Waals surface area contributed by atoms with Gasteiger partial charge < -0.3 is 34.3 Å². The number of nitrogens with zero attached hydrogens (tertiary/aromatic N) is 6. The van der Waals surface area contributed by atoms with Crippen LogP contribution in [0.25, 0.3) is 33.3 Å². The number of methoxy groups -OCH3 is 1. The number of amides is 4. The van der Waals surface area contributed by atoms with Gasteiger partial charge in [0.2, 0.25) is 11.8 Å². The third-order valence-electron chi connectivity index (χ3n) is 14.4. The number of hydrogen-bond acceptors (Lipinski definition) is 11. The van der Waals surface area contributed by atoms with Gasteiger partial charge in [0, 0.05) is 74.8 Å². The number of cyclic esters (lactones) is 1. The molecule has 0 saturated carbocycles. The van der Waals surface area contributed by atoms with Crippen molar-refractivity contribution in [3.8, 4) is 40.0 Å². The van der Waals surface area contributed by atoms with E-state index >= 15 is 0 Å². The highest BCUT2D eigenvalue weighted by molar-refractivity contribution is 5.97. The third-order valence-corrected chi connectivity index (χ3v) is 14.4. The van der Waals surface area contributed by atoms with Crippen molar-refractivity contribution in [2.24, 2.45) is 17.3 Å². The van der Waals surface area contributed by atoms with Crippen molar-refractivity contribution in [3.63, 3.8) is 0 Å². The molecule has 4 amide bonds. The van der Waals surface area contributed by atoms with E-state index in [1.54, 1.807) is 37.4 Å². The highest BCUT2D eigenvalue weighted by Gasteiger charge is 2.40. The summed E-state index contributed by atoms with van der Waals surface area (Å²) in [5, 5.41) is 16.8. The summed E-state index contributed by atoms with van der Waals surface area (Å²) < 4.78 is 14.0. The Kier molecular flexibility index (Phi) is 16.0. The molecule has 3 aliphatic heterocycles. The van der Waals surface area contributed by atoms with Gasteiger partial charge in [-0.05, 0) is 131 Å². The van der Waals surface area contributed by atoms with Crippen LogP contribution in [-0.2, 0) is 59.4 Å². The fourth-order valence-electron chi connectivity index (χ4n) is 10.1. The molecule has 4 atom stereocenters. The first-order valence-corrected chi connectivity index (χ1v) is 24.8. The fraction of sp³-hybridized carbons (Fsp3) is 0.527. The first-order valence-electron chi connectivity index (χ1n) is 24.8. The summed E-state index contributed by atoms with van der Waals surface area (Å²) in [7, 11) is 7.02. The number of carbonyl (C=O) groups excluding carboxylic acids is 5. The number of nitrogens with one attached hydrogen (secondary N) is 2. The Morgan fingerprint density at radius 1 is 1.06 bits per heavy atom. The maximum absolute atomic E-state index is 14.8. The maximum Gasteiger partial charge on any atom is 0.324 e. The second-order valence-electron chi connectivity index (χ2n) is 21.2. The number of aromatic hydroxyl groups is 1. The van der Waals surface area contributed by atoms with Crippen LogP contribution in [0.15, 0.2) is 54.7 Å². The van der Waals surface area contributed by atoms with Crippen LogP contribution < -0.4 is 10.7 Å². The maximum atomic E-state index is 14.8. The Morgan fingerprint density at radius 2 is 1.82 bits per heavy atom. The molecule has 3 aliphatic rings. The zero-order valence-corrected chi connectivity index (χ0v) is 43.3. The average Bonchev–Trinajstić information content (AvgIpc) is 3.94. The highest BCUT2D eigenvalue weighted by Crippen LogP contribution is 2.41. The molecular formula is C55H72N8O8. The number of aromatic nitrogens is 2. The first-order chi connectivity index (χ1) is 33.6. The Labute approximate surface area is 418 Å². The predicted octanol–water partition coefficient (Wildman–Crippen LogP) is 5.57. The number of likely N-dealkylation sites (N-methyl/N-ethyl adjacent to an activating group) is 1. The molecule has 0 aliphatic carbocycles. The van der Waals surface area contributed by atoms with E-state index in [0.717, 1.165) is 39.0 Å². The fourth-order valence-corrected chi connectivity index (χ4v) is 10.1. The second-order valence-corrected chi connectivity index (χ2v) is 21.2. The van der Waals surface area contributed by atoms with E-state index in [1.807, 2.05) is 64.9 Å². The SMILES string of the molecule is CCn1c(-c2cccnc2COC)c2c3cc(ccc31)-c1cc(O)cc(c1)C[C@H](NC(=O)C(C(C)C)N(C)C(=O)[C@@H]1CCN(C(=O)C#CC(C)(C)N(C)C)C1)C(=O)N1CCC[C@H](N1)C(=O)OCC(C)(C)C2. The largest absolute Gasteiger partial charge is 0.508 e. The molecule has 71 heavy (non-hydrogen) atoms. The minimum atomic E-state index is -1.18. The van der Waals surface area contributed by atoms with Gasteiger partial charge in [0.05, 0.1) is 36.1 Å². The smallest absolute Gasteiger partial charge is 0.324 e. The summed E-state index contributed by atoms with van der Waals surface area (Å²) >= 11 is 0. The molecule has 380 valence electrons. The van der Waals surface area contributed by atoms with Crippen molar-refractivity contribution in [2.45, 2.75) is 117 Å². The number of phenolic OH excluding ortho intramolecular Hbond substituents is 1. The molecule has 5 heterocycles. The Morgan fingerprint density at radius 3 is 2.52 bits per heavy atom. The summed E-state index contributed by atoms with van der Waals surface area (Å²) in [5.74, 6) is 2.71. The van der Waals surface area contributed by atoms with E-state index in [4.69, 9.17) is 14.5 Å². The molecule has 1 unspecified atom stereocenters. The number of likely N-dealkylation sites (tertiary alicyclic amines) is 1. The number of ether oxygens (including phenoxy) is 2. The van der Waals surface area contributed by atoms with Gasteiger partial charge in [-0.2, -0.15) is 0 Å². The van der Waals surface area contributed by atoms with Crippen LogP contribution in [0.3, 0.4) is 0 Å². The topological polar surface area (TPSA) is 179 Å². The van der Waals surface area contributed by atoms with Gasteiger partial charge in [-0.1, -0.05) is 45.7 Å². The molecule has 4 aromatic rings. The summed E-state index contributed by atoms with van der Waals surface area (Å²) in [5.41, 5.74) is 9.00. The number of pyridine rings is 1. The van der Waals surface area contributed by atoms with Gasteiger partial charge in [0.25, 0.3) is 11.8 Å². The second kappa shape index (κ2) is 21.6. The van der Waals surface area contributed by atoms with Crippen LogP contribution >= 0.6 is 0 Å². The van der Waals surface area contributed by atoms with Gasteiger partial charge >= 0.3 is 5.97 Å². The van der Waals surface area contributed by atoms with Crippen molar-refractivity contribution < 1.29 is 38.6 Å². The summed E-state index contributed by atoms with van der Waals surface area (Å²) in [6.45, 7) is 15.7. The molecule has 0 spiro atoms. The molecule has 6 bridgehead atoms. The van der Waals surface area contributed by atoms with Crippen LogP contribution in [0.5, 0.6) is 5.75 Å². The van der Waals surface area contributed by atoms with E-state index in [2.05, 4.69) is 66.1 Å². The molecule has 2 aromatic heterocycles. The number of fused-ring (bicyclic) bond motifs is 6. The molecule has 3 N–H and O–H groups in total. The normalized spacial score (nSPS) is 20.0. The molecule has 2 aromatic carbocycles. The number of hydrazine groups is 1. The Balaban J connectivity index is 1.24. The summed E-state index contributed by atoms with van der Waals surface area (Å²) in [4.78, 5) is 80.4. The Bertz CT molecular complexity index is 2730. The van der Waals surface area contributed by atoms with Crippen LogP contribution in [-0.4, -0.2) is 142 Å². The van der Waals surface area contributed by atoms with Crippen molar-refractivity contribution in [1.82, 2.24) is 40.0 Å². The van der Waals surface area contributed by atoms with E-state index < -0.39 is 52.8 Å². The monoisotopic (exact) mass is 973 g/mol. The zero-order valence-electron chi connectivity index (χ0n) is 43.3. The van der Waals surface area contributed by atoms with Crippen molar-refractivity contribution in [2.75, 3.05) is 54.5 Å². The molecule has 0 radical (unpaired) electrons. The zero-order chi connectivity index (χ0) is 51.5. The van der Waals surface area contributed by atoms with E-state index in [9.17, 15) is 29.1 Å². The van der Waals surface area contributed by atoms with E-state index in [0.29, 0.717) is 56.5 Å².